The van der Waals surface area contributed by atoms with Gasteiger partial charge in [0.25, 0.3) is 5.91 Å². The molecule has 4 rings (SSSR count). The van der Waals surface area contributed by atoms with E-state index in [4.69, 9.17) is 0 Å². The number of phenols is 1. The van der Waals surface area contributed by atoms with E-state index in [0.29, 0.717) is 46.8 Å². The molecule has 0 saturated heterocycles. The highest BCUT2D eigenvalue weighted by atomic mass is 32.1. The van der Waals surface area contributed by atoms with Crippen molar-refractivity contribution in [3.63, 3.8) is 0 Å². The largest absolute Gasteiger partial charge is 0.507 e. The summed E-state index contributed by atoms with van der Waals surface area (Å²) in [5.41, 5.74) is 2.58. The van der Waals surface area contributed by atoms with Crippen LogP contribution in [0.5, 0.6) is 5.75 Å². The van der Waals surface area contributed by atoms with Crippen molar-refractivity contribution in [2.75, 3.05) is 6.54 Å². The molecule has 2 N–H and O–H groups in total. The van der Waals surface area contributed by atoms with Gasteiger partial charge in [-0.1, -0.05) is 0 Å². The highest BCUT2D eigenvalue weighted by molar-refractivity contribution is 7.14. The number of rotatable bonds is 7. The van der Waals surface area contributed by atoms with Gasteiger partial charge in [0, 0.05) is 25.5 Å². The number of ketones is 1. The lowest BCUT2D eigenvalue weighted by molar-refractivity contribution is -0.129. The number of phenolic OH excluding ortho intramolecular Hbond substituents is 1. The monoisotopic (exact) mass is 466 g/mol. The number of thiazole rings is 1. The number of hydrogen-bond donors (Lipinski definition) is 2. The molecule has 172 valence electrons. The summed E-state index contributed by atoms with van der Waals surface area (Å²) in [7, 11) is 0. The second-order valence-electron chi connectivity index (χ2n) is 8.30. The Kier molecular flexibility index (Phi) is 6.07. The number of aryl methyl sites for hydroxylation is 5. The number of hydrogen-bond acceptors (Lipinski definition) is 7. The van der Waals surface area contributed by atoms with Crippen LogP contribution in [-0.2, 0) is 11.3 Å². The second kappa shape index (κ2) is 8.82. The van der Waals surface area contributed by atoms with Gasteiger partial charge in [-0.25, -0.2) is 9.97 Å². The zero-order valence-corrected chi connectivity index (χ0v) is 19.8. The van der Waals surface area contributed by atoms with Crippen molar-refractivity contribution in [1.29, 1.82) is 0 Å². The van der Waals surface area contributed by atoms with E-state index in [-0.39, 0.29) is 11.3 Å². The van der Waals surface area contributed by atoms with Gasteiger partial charge in [-0.2, -0.15) is 0 Å². The zero-order valence-electron chi connectivity index (χ0n) is 19.0. The van der Waals surface area contributed by atoms with Crippen LogP contribution in [0.3, 0.4) is 0 Å². The molecule has 0 fully saturated rings. The fraction of sp³-hybridized carbons (Fsp3) is 0.333. The molecule has 1 aliphatic rings. The van der Waals surface area contributed by atoms with Crippen LogP contribution in [0.15, 0.2) is 42.2 Å². The lowest BCUT2D eigenvalue weighted by Crippen LogP contribution is -2.32. The number of aliphatic hydroxyl groups is 1. The molecule has 1 aromatic carbocycles. The molecular formula is C24H26N4O4S. The Hall–Kier alpha value is -3.46. The van der Waals surface area contributed by atoms with Crippen LogP contribution in [0.25, 0.3) is 0 Å². The van der Waals surface area contributed by atoms with Gasteiger partial charge in [0.1, 0.15) is 5.75 Å². The SMILES string of the molecule is Cc1nc(C)c(C(=O)C2=C(O)C(=O)N(CCCn3ccnc3)C2c2cc(C)c(O)c(C)c2)s1. The third-order valence-electron chi connectivity index (χ3n) is 5.86. The maximum absolute atomic E-state index is 13.6. The van der Waals surface area contributed by atoms with Gasteiger partial charge in [0.15, 0.2) is 5.76 Å². The molecule has 3 heterocycles. The molecule has 1 amide bonds. The molecule has 33 heavy (non-hydrogen) atoms. The number of aliphatic hydroxyl groups excluding tert-OH is 1. The molecule has 1 atom stereocenters. The quantitative estimate of drug-likeness (QED) is 0.511. The summed E-state index contributed by atoms with van der Waals surface area (Å²) < 4.78 is 1.91. The van der Waals surface area contributed by atoms with Crippen molar-refractivity contribution in [1.82, 2.24) is 19.4 Å². The van der Waals surface area contributed by atoms with Crippen molar-refractivity contribution in [2.45, 2.75) is 46.7 Å². The average molecular weight is 467 g/mol. The molecule has 1 unspecified atom stereocenters. The highest BCUT2D eigenvalue weighted by Gasteiger charge is 2.44. The zero-order chi connectivity index (χ0) is 23.9. The minimum absolute atomic E-state index is 0.0545. The van der Waals surface area contributed by atoms with Crippen molar-refractivity contribution in [2.24, 2.45) is 0 Å². The van der Waals surface area contributed by atoms with Gasteiger partial charge >= 0.3 is 0 Å². The number of carbonyl (C=O) groups is 2. The van der Waals surface area contributed by atoms with Crippen molar-refractivity contribution in [3.8, 4) is 5.75 Å². The fourth-order valence-corrected chi connectivity index (χ4v) is 5.19. The van der Waals surface area contributed by atoms with E-state index < -0.39 is 23.5 Å². The number of aromatic nitrogens is 3. The van der Waals surface area contributed by atoms with E-state index in [9.17, 15) is 19.8 Å². The number of amides is 1. The number of nitrogens with zero attached hydrogens (tertiary/aromatic N) is 4. The maximum atomic E-state index is 13.6. The van der Waals surface area contributed by atoms with E-state index in [1.807, 2.05) is 17.7 Å². The Morgan fingerprint density at radius 3 is 2.39 bits per heavy atom. The first-order valence-electron chi connectivity index (χ1n) is 10.7. The molecule has 0 aliphatic carbocycles. The molecule has 0 spiro atoms. The summed E-state index contributed by atoms with van der Waals surface area (Å²) in [6.07, 6.45) is 5.85. The van der Waals surface area contributed by atoms with Gasteiger partial charge in [-0.3, -0.25) is 9.59 Å². The number of carbonyl (C=O) groups excluding carboxylic acids is 2. The topological polar surface area (TPSA) is 109 Å². The minimum Gasteiger partial charge on any atom is -0.507 e. The first-order chi connectivity index (χ1) is 15.7. The first-order valence-corrected chi connectivity index (χ1v) is 11.5. The lowest BCUT2D eigenvalue weighted by Gasteiger charge is -2.27. The minimum atomic E-state index is -0.757. The van der Waals surface area contributed by atoms with E-state index in [1.54, 1.807) is 45.4 Å². The van der Waals surface area contributed by atoms with Crippen LogP contribution in [0.1, 0.15) is 49.5 Å². The summed E-state index contributed by atoms with van der Waals surface area (Å²) >= 11 is 1.25. The summed E-state index contributed by atoms with van der Waals surface area (Å²) in [5.74, 6) is -1.32. The van der Waals surface area contributed by atoms with E-state index in [0.717, 1.165) is 5.01 Å². The van der Waals surface area contributed by atoms with Crippen molar-refractivity contribution in [3.05, 3.63) is 74.5 Å². The van der Waals surface area contributed by atoms with Crippen molar-refractivity contribution >= 4 is 23.0 Å². The summed E-state index contributed by atoms with van der Waals surface area (Å²) in [5, 5.41) is 21.9. The molecule has 9 heteroatoms. The van der Waals surface area contributed by atoms with Gasteiger partial charge in [-0.15, -0.1) is 11.3 Å². The Bertz CT molecular complexity index is 1240. The molecule has 3 aromatic rings. The molecule has 2 aromatic heterocycles. The molecular weight excluding hydrogens is 440 g/mol. The Morgan fingerprint density at radius 1 is 1.12 bits per heavy atom. The molecule has 0 bridgehead atoms. The predicted molar refractivity (Wildman–Crippen MR) is 124 cm³/mol. The Morgan fingerprint density at radius 2 is 1.82 bits per heavy atom. The van der Waals surface area contributed by atoms with Crippen LogP contribution >= 0.6 is 11.3 Å². The number of Topliss-reactive ketones (excluding diaryl/α,β-unsaturated/α-hetero) is 1. The van der Waals surface area contributed by atoms with Gasteiger partial charge in [0.05, 0.1) is 33.5 Å². The van der Waals surface area contributed by atoms with Crippen LogP contribution in [0.4, 0.5) is 0 Å². The van der Waals surface area contributed by atoms with E-state index in [1.165, 1.54) is 16.2 Å². The van der Waals surface area contributed by atoms with Crippen LogP contribution in [-0.4, -0.2) is 47.9 Å². The van der Waals surface area contributed by atoms with Gasteiger partial charge in [0.2, 0.25) is 5.78 Å². The van der Waals surface area contributed by atoms with E-state index in [2.05, 4.69) is 9.97 Å². The second-order valence-corrected chi connectivity index (χ2v) is 9.50. The third kappa shape index (κ3) is 4.16. The maximum Gasteiger partial charge on any atom is 0.290 e. The third-order valence-corrected chi connectivity index (χ3v) is 6.93. The van der Waals surface area contributed by atoms with Crippen LogP contribution in [0.2, 0.25) is 0 Å². The molecule has 8 nitrogen and oxygen atoms in total. The lowest BCUT2D eigenvalue weighted by atomic mass is 9.92. The first kappa shape index (κ1) is 22.7. The summed E-state index contributed by atoms with van der Waals surface area (Å²) in [6, 6.07) is 2.77. The Balaban J connectivity index is 1.75. The fourth-order valence-electron chi connectivity index (χ4n) is 4.32. The number of aromatic hydroxyl groups is 1. The average Bonchev–Trinajstić information content (AvgIpc) is 3.46. The van der Waals surface area contributed by atoms with Crippen molar-refractivity contribution < 1.29 is 19.8 Å². The molecule has 1 aliphatic heterocycles. The highest BCUT2D eigenvalue weighted by Crippen LogP contribution is 2.41. The van der Waals surface area contributed by atoms with Crippen LogP contribution < -0.4 is 0 Å². The standard InChI is InChI=1S/C24H26N4O4S/c1-13-10-17(11-14(2)20(13)29)19-18(21(30)23-15(3)26-16(4)33-23)22(31)24(32)28(19)8-5-7-27-9-6-25-12-27/h6,9-12,19,29,31H,5,7-8H2,1-4H3. The van der Waals surface area contributed by atoms with Crippen LogP contribution in [0, 0.1) is 27.7 Å². The smallest absolute Gasteiger partial charge is 0.290 e. The number of benzene rings is 1. The van der Waals surface area contributed by atoms with Gasteiger partial charge in [-0.05, 0) is 62.9 Å². The Labute approximate surface area is 195 Å². The van der Waals surface area contributed by atoms with E-state index >= 15 is 0 Å². The van der Waals surface area contributed by atoms with Gasteiger partial charge < -0.3 is 19.7 Å². The number of imidazole rings is 1. The summed E-state index contributed by atoms with van der Waals surface area (Å²) in [4.78, 5) is 37.0. The molecule has 0 saturated carbocycles. The predicted octanol–water partition coefficient (Wildman–Crippen LogP) is 3.95. The summed E-state index contributed by atoms with van der Waals surface area (Å²) in [6.45, 7) is 8.08. The molecule has 0 radical (unpaired) electrons. The normalized spacial score (nSPS) is 16.2.